The van der Waals surface area contributed by atoms with E-state index in [1.165, 1.54) is 283 Å². The number of carbonyl (C=O) groups is 1. The van der Waals surface area contributed by atoms with Crippen LogP contribution in [0.3, 0.4) is 0 Å². The molecular weight excluding hydrogens is 1460 g/mol. The summed E-state index contributed by atoms with van der Waals surface area (Å²) in [5.41, 5.74) is 0. The summed E-state index contributed by atoms with van der Waals surface area (Å²) in [5.74, 6) is -0.284. The SMILES string of the molecule is CC/C=C\C/C=C\C/C=C\C/C=C\CCCCCCCCCCCCCCCCCCCCCCCCCCC(=O)NC(COC1OC(CO)C(OC2OC(CO)C(OC3OC(CO)C(O)C(O)C3O)C(O)C2O)C(O)C1O)C(O)/C=C/CC/C=C/CC/C=C/CCCCCCCCCCCCCCCCCCCCCCCCC. The van der Waals surface area contributed by atoms with Gasteiger partial charge < -0.3 is 89.9 Å². The third-order valence-corrected chi connectivity index (χ3v) is 23.2. The maximum absolute atomic E-state index is 13.5. The predicted octanol–water partition coefficient (Wildman–Crippen LogP) is 18.9. The Labute approximate surface area is 699 Å². The number of nitrogens with one attached hydrogen (secondary N) is 1. The van der Waals surface area contributed by atoms with E-state index in [4.69, 9.17) is 28.4 Å². The molecule has 0 aromatic heterocycles. The van der Waals surface area contributed by atoms with Gasteiger partial charge in [0.1, 0.15) is 73.2 Å². The second-order valence-electron chi connectivity index (χ2n) is 33.4. The van der Waals surface area contributed by atoms with Crippen LogP contribution in [0.5, 0.6) is 0 Å². The molecule has 12 N–H and O–H groups in total. The number of hydrogen-bond acceptors (Lipinski definition) is 18. The van der Waals surface area contributed by atoms with Gasteiger partial charge in [-0.2, -0.15) is 0 Å². The van der Waals surface area contributed by atoms with E-state index in [9.17, 15) is 61.0 Å². The van der Waals surface area contributed by atoms with E-state index >= 15 is 0 Å². The van der Waals surface area contributed by atoms with E-state index in [-0.39, 0.29) is 18.9 Å². The highest BCUT2D eigenvalue weighted by Gasteiger charge is 2.54. The van der Waals surface area contributed by atoms with Crippen molar-refractivity contribution in [2.24, 2.45) is 0 Å². The number of hydrogen-bond donors (Lipinski definition) is 12. The minimum atomic E-state index is -1.99. The van der Waals surface area contributed by atoms with E-state index in [1.54, 1.807) is 6.08 Å². The minimum Gasteiger partial charge on any atom is -0.394 e. The molecule has 670 valence electrons. The van der Waals surface area contributed by atoms with E-state index in [0.717, 1.165) is 70.6 Å². The molecule has 0 radical (unpaired) electrons. The van der Waals surface area contributed by atoms with Crippen LogP contribution in [0.15, 0.2) is 85.1 Å². The molecule has 0 aliphatic carbocycles. The zero-order valence-corrected chi connectivity index (χ0v) is 72.5. The molecule has 0 bridgehead atoms. The van der Waals surface area contributed by atoms with Crippen molar-refractivity contribution in [3.8, 4) is 0 Å². The molecule has 3 saturated heterocycles. The molecule has 3 aliphatic heterocycles. The molecule has 3 rings (SSSR count). The third kappa shape index (κ3) is 52.8. The highest BCUT2D eigenvalue weighted by molar-refractivity contribution is 5.76. The van der Waals surface area contributed by atoms with E-state index in [1.807, 2.05) is 6.08 Å². The molecule has 3 heterocycles. The zero-order valence-electron chi connectivity index (χ0n) is 72.5. The normalized spacial score (nSPS) is 25.0. The van der Waals surface area contributed by atoms with Crippen LogP contribution in [0.25, 0.3) is 0 Å². The lowest BCUT2D eigenvalue weighted by molar-refractivity contribution is -0.379. The van der Waals surface area contributed by atoms with Crippen LogP contribution < -0.4 is 5.32 Å². The lowest BCUT2D eigenvalue weighted by atomic mass is 9.96. The fourth-order valence-electron chi connectivity index (χ4n) is 15.7. The minimum absolute atomic E-state index is 0.233. The van der Waals surface area contributed by atoms with Crippen LogP contribution in [-0.4, -0.2) is 193 Å². The Kier molecular flexibility index (Phi) is 69.0. The quantitative estimate of drug-likeness (QED) is 0.0199. The molecule has 0 saturated carbocycles. The number of rotatable bonds is 77. The topological polar surface area (TPSA) is 307 Å². The van der Waals surface area contributed by atoms with Gasteiger partial charge in [0.15, 0.2) is 18.9 Å². The molecular formula is C96H173NO18. The first-order chi connectivity index (χ1) is 56.3. The Balaban J connectivity index is 1.32. The van der Waals surface area contributed by atoms with Crippen molar-refractivity contribution in [3.63, 3.8) is 0 Å². The van der Waals surface area contributed by atoms with E-state index in [2.05, 4.69) is 92.1 Å². The molecule has 17 unspecified atom stereocenters. The molecule has 19 heteroatoms. The smallest absolute Gasteiger partial charge is 0.220 e. The Bertz CT molecular complexity index is 2400. The van der Waals surface area contributed by atoms with Crippen molar-refractivity contribution in [1.29, 1.82) is 0 Å². The fraction of sp³-hybridized carbons (Fsp3) is 0.844. The van der Waals surface area contributed by atoms with Crippen molar-refractivity contribution in [2.45, 2.75) is 491 Å². The summed E-state index contributed by atoms with van der Waals surface area (Å²) < 4.78 is 34.5. The molecule has 3 fully saturated rings. The second-order valence-corrected chi connectivity index (χ2v) is 33.4. The molecule has 0 spiro atoms. The molecule has 0 aromatic carbocycles. The van der Waals surface area contributed by atoms with Crippen LogP contribution in [0.4, 0.5) is 0 Å². The average Bonchev–Trinajstić information content (AvgIpc) is 0.779. The van der Waals surface area contributed by atoms with Crippen molar-refractivity contribution in [3.05, 3.63) is 85.1 Å². The van der Waals surface area contributed by atoms with Crippen molar-refractivity contribution >= 4 is 5.91 Å². The number of unbranched alkanes of at least 4 members (excludes halogenated alkanes) is 49. The lowest BCUT2D eigenvalue weighted by Gasteiger charge is -2.48. The fourth-order valence-corrected chi connectivity index (χ4v) is 15.7. The van der Waals surface area contributed by atoms with Crippen LogP contribution in [-0.2, 0) is 33.2 Å². The Morgan fingerprint density at radius 3 is 0.974 bits per heavy atom. The molecule has 1 amide bonds. The summed E-state index contributed by atoms with van der Waals surface area (Å²) in [6, 6.07) is -1.00. The Morgan fingerprint density at radius 2 is 0.609 bits per heavy atom. The molecule has 3 aliphatic rings. The Hall–Kier alpha value is -3.03. The van der Waals surface area contributed by atoms with Crippen molar-refractivity contribution in [1.82, 2.24) is 5.32 Å². The number of amides is 1. The van der Waals surface area contributed by atoms with Gasteiger partial charge in [-0.3, -0.25) is 4.79 Å². The largest absolute Gasteiger partial charge is 0.394 e. The predicted molar refractivity (Wildman–Crippen MR) is 466 cm³/mol. The molecule has 17 atom stereocenters. The maximum atomic E-state index is 13.5. The average molecular weight is 1630 g/mol. The third-order valence-electron chi connectivity index (χ3n) is 23.2. The first-order valence-electron chi connectivity index (χ1n) is 47.3. The van der Waals surface area contributed by atoms with Crippen LogP contribution in [0.1, 0.15) is 386 Å². The van der Waals surface area contributed by atoms with Crippen LogP contribution >= 0.6 is 0 Å². The summed E-state index contributed by atoms with van der Waals surface area (Å²) in [6.07, 6.45) is 76.2. The Morgan fingerprint density at radius 1 is 0.322 bits per heavy atom. The summed E-state index contributed by atoms with van der Waals surface area (Å²) in [6.45, 7) is 1.65. The molecule has 115 heavy (non-hydrogen) atoms. The number of carbonyl (C=O) groups excluding carboxylic acids is 1. The summed E-state index contributed by atoms with van der Waals surface area (Å²) in [4.78, 5) is 13.5. The number of aliphatic hydroxyl groups is 11. The van der Waals surface area contributed by atoms with Gasteiger partial charge in [0.2, 0.25) is 5.91 Å². The highest BCUT2D eigenvalue weighted by atomic mass is 16.8. The van der Waals surface area contributed by atoms with E-state index in [0.29, 0.717) is 12.8 Å². The summed E-state index contributed by atoms with van der Waals surface area (Å²) in [5, 5.41) is 121. The monoisotopic (exact) mass is 1630 g/mol. The van der Waals surface area contributed by atoms with Gasteiger partial charge in [-0.1, -0.05) is 381 Å². The van der Waals surface area contributed by atoms with Gasteiger partial charge in [0.25, 0.3) is 0 Å². The van der Waals surface area contributed by atoms with Gasteiger partial charge in [-0.05, 0) is 83.5 Å². The first kappa shape index (κ1) is 106. The van der Waals surface area contributed by atoms with Gasteiger partial charge in [0, 0.05) is 6.42 Å². The van der Waals surface area contributed by atoms with Gasteiger partial charge in [-0.25, -0.2) is 0 Å². The molecule has 19 nitrogen and oxygen atoms in total. The van der Waals surface area contributed by atoms with Crippen molar-refractivity contribution in [2.75, 3.05) is 26.4 Å². The first-order valence-corrected chi connectivity index (χ1v) is 47.3. The van der Waals surface area contributed by atoms with Gasteiger partial charge >= 0.3 is 0 Å². The summed E-state index contributed by atoms with van der Waals surface area (Å²) >= 11 is 0. The molecule has 0 aromatic rings. The van der Waals surface area contributed by atoms with E-state index < -0.39 is 124 Å². The highest BCUT2D eigenvalue weighted by Crippen LogP contribution is 2.34. The number of ether oxygens (including phenoxy) is 6. The van der Waals surface area contributed by atoms with Gasteiger partial charge in [-0.15, -0.1) is 0 Å². The second kappa shape index (κ2) is 74.8. The standard InChI is InChI=1S/C96H173NO18/c1-3-5-7-9-11-13-15-17-19-21-23-25-27-29-31-33-35-37-38-39-40-42-44-46-48-50-52-54-56-58-60-62-64-66-68-70-72-74-84(102)97-79(80(101)73-71-69-67-65-63-61-59-57-55-53-51-49-47-45-43-41-36-34-32-30-28-26-24-22-20-18-16-14-12-10-8-6-4-2)78-110-94-90(108)87(105)92(82(76-99)112-94)115-96-91(109)88(106)93(83(77-100)113-96)114-95-89(107)86(104)85(103)81(75-98)111-95/h5,7,11,13,17,19,23,25,55,57,63,65,71,73,79-83,85-96,98-101,103-109H,3-4,6,8-10,12,14-16,18,20-22,24,26-54,56,58-62,64,66-70,72,74-78H2,1-2H3,(H,97,102)/b7-5-,13-11-,19-17-,25-23-,57-55+,65-63+,73-71+. The van der Waals surface area contributed by atoms with Crippen LogP contribution in [0.2, 0.25) is 0 Å². The van der Waals surface area contributed by atoms with Gasteiger partial charge in [0.05, 0.1) is 38.6 Å². The zero-order chi connectivity index (χ0) is 83.1. The number of allylic oxidation sites excluding steroid dienone is 13. The maximum Gasteiger partial charge on any atom is 0.220 e. The summed E-state index contributed by atoms with van der Waals surface area (Å²) in [7, 11) is 0. The van der Waals surface area contributed by atoms with Crippen molar-refractivity contribution < 1.29 is 89.4 Å². The van der Waals surface area contributed by atoms with Crippen LogP contribution in [0, 0.1) is 0 Å². The lowest BCUT2D eigenvalue weighted by Crippen LogP contribution is -2.66. The number of aliphatic hydroxyl groups excluding tert-OH is 11.